The maximum atomic E-state index is 12.6. The van der Waals surface area contributed by atoms with Gasteiger partial charge in [0.15, 0.2) is 0 Å². The highest BCUT2D eigenvalue weighted by Gasteiger charge is 2.36. The molecule has 1 unspecified atom stereocenters. The molecule has 6 nitrogen and oxygen atoms in total. The summed E-state index contributed by atoms with van der Waals surface area (Å²) in [6.45, 7) is 2.02. The summed E-state index contributed by atoms with van der Waals surface area (Å²) in [5.41, 5.74) is 1.66. The Morgan fingerprint density at radius 3 is 2.66 bits per heavy atom. The maximum Gasteiger partial charge on any atom is 0.573 e. The fourth-order valence-electron chi connectivity index (χ4n) is 3.14. The molecule has 2 aromatic rings. The van der Waals surface area contributed by atoms with E-state index in [1.165, 1.54) is 24.1 Å². The molecule has 1 N–H and O–H groups in total. The van der Waals surface area contributed by atoms with Crippen LogP contribution >= 0.6 is 0 Å². The first kappa shape index (κ1) is 20.5. The van der Waals surface area contributed by atoms with E-state index in [1.807, 2.05) is 13.0 Å². The topological polar surface area (TPSA) is 67.9 Å². The van der Waals surface area contributed by atoms with Crippen molar-refractivity contribution in [1.82, 2.24) is 0 Å². The summed E-state index contributed by atoms with van der Waals surface area (Å²) in [5, 5.41) is 2.55. The average molecular weight is 408 g/mol. The van der Waals surface area contributed by atoms with Gasteiger partial charge in [0.2, 0.25) is 11.8 Å². The Morgan fingerprint density at radius 2 is 1.97 bits per heavy atom. The van der Waals surface area contributed by atoms with Crippen molar-refractivity contribution in [2.75, 3.05) is 23.9 Å². The molecule has 0 spiro atoms. The van der Waals surface area contributed by atoms with Gasteiger partial charge in [-0.2, -0.15) is 0 Å². The van der Waals surface area contributed by atoms with Crippen molar-refractivity contribution in [3.63, 3.8) is 0 Å². The van der Waals surface area contributed by atoms with Gasteiger partial charge in [0.25, 0.3) is 0 Å². The number of hydrogen-bond acceptors (Lipinski definition) is 4. The standard InChI is InChI=1S/C20H19F3N2O4/c1-12-6-7-17(28-2)16(8-12)25-11-13(9-18(25)26)19(27)24-14-4-3-5-15(10-14)29-20(21,22)23/h3-8,10,13H,9,11H2,1-2H3,(H,24,27). The second kappa shape index (κ2) is 8.02. The van der Waals surface area contributed by atoms with Crippen molar-refractivity contribution < 1.29 is 32.2 Å². The number of benzene rings is 2. The Labute approximate surface area is 165 Å². The molecule has 0 radical (unpaired) electrons. The molecule has 3 rings (SSSR count). The second-order valence-electron chi connectivity index (χ2n) is 6.65. The minimum absolute atomic E-state index is 0.0122. The first-order valence-corrected chi connectivity index (χ1v) is 8.78. The number of anilines is 2. The molecule has 1 heterocycles. The van der Waals surface area contributed by atoms with E-state index in [0.717, 1.165) is 17.7 Å². The highest BCUT2D eigenvalue weighted by Crippen LogP contribution is 2.34. The summed E-state index contributed by atoms with van der Waals surface area (Å²) in [5.74, 6) is -1.27. The zero-order valence-corrected chi connectivity index (χ0v) is 15.7. The van der Waals surface area contributed by atoms with Gasteiger partial charge in [-0.25, -0.2) is 0 Å². The molecule has 0 aromatic heterocycles. The monoisotopic (exact) mass is 408 g/mol. The smallest absolute Gasteiger partial charge is 0.495 e. The van der Waals surface area contributed by atoms with E-state index in [4.69, 9.17) is 4.74 Å². The molecule has 9 heteroatoms. The number of rotatable bonds is 5. The first-order chi connectivity index (χ1) is 13.7. The fourth-order valence-corrected chi connectivity index (χ4v) is 3.14. The summed E-state index contributed by atoms with van der Waals surface area (Å²) in [7, 11) is 1.49. The van der Waals surface area contributed by atoms with Crippen LogP contribution in [0.2, 0.25) is 0 Å². The summed E-state index contributed by atoms with van der Waals surface area (Å²) >= 11 is 0. The van der Waals surface area contributed by atoms with Gasteiger partial charge in [0.05, 0.1) is 18.7 Å². The van der Waals surface area contributed by atoms with Crippen LogP contribution in [0.25, 0.3) is 0 Å². The van der Waals surface area contributed by atoms with Crippen LogP contribution in [-0.2, 0) is 9.59 Å². The number of alkyl halides is 3. The fraction of sp³-hybridized carbons (Fsp3) is 0.300. The van der Waals surface area contributed by atoms with Gasteiger partial charge >= 0.3 is 6.36 Å². The SMILES string of the molecule is COc1ccc(C)cc1N1CC(C(=O)Nc2cccc(OC(F)(F)F)c2)CC1=O. The quantitative estimate of drug-likeness (QED) is 0.815. The largest absolute Gasteiger partial charge is 0.573 e. The summed E-state index contributed by atoms with van der Waals surface area (Å²) in [4.78, 5) is 26.5. The zero-order valence-electron chi connectivity index (χ0n) is 15.7. The number of hydrogen-bond donors (Lipinski definition) is 1. The van der Waals surface area contributed by atoms with Crippen LogP contribution < -0.4 is 19.7 Å². The Balaban J connectivity index is 1.72. The van der Waals surface area contributed by atoms with Crippen LogP contribution in [0.4, 0.5) is 24.5 Å². The third-order valence-electron chi connectivity index (χ3n) is 4.46. The molecule has 0 aliphatic carbocycles. The van der Waals surface area contributed by atoms with Crippen molar-refractivity contribution in [3.8, 4) is 11.5 Å². The van der Waals surface area contributed by atoms with Crippen LogP contribution in [0.3, 0.4) is 0 Å². The number of aryl methyl sites for hydroxylation is 1. The van der Waals surface area contributed by atoms with E-state index in [2.05, 4.69) is 10.1 Å². The predicted octanol–water partition coefficient (Wildman–Crippen LogP) is 3.89. The Bertz CT molecular complexity index is 930. The van der Waals surface area contributed by atoms with Crippen molar-refractivity contribution in [1.29, 1.82) is 0 Å². The van der Waals surface area contributed by atoms with Gasteiger partial charge in [-0.05, 0) is 36.8 Å². The molecule has 1 aliphatic rings. The normalized spacial score (nSPS) is 16.7. The number of carbonyl (C=O) groups is 2. The number of nitrogens with zero attached hydrogens (tertiary/aromatic N) is 1. The van der Waals surface area contributed by atoms with E-state index in [9.17, 15) is 22.8 Å². The molecule has 2 aromatic carbocycles. The molecule has 0 bridgehead atoms. The molecule has 154 valence electrons. The summed E-state index contributed by atoms with van der Waals surface area (Å²) < 4.78 is 46.2. The molecular formula is C20H19F3N2O4. The van der Waals surface area contributed by atoms with Gasteiger partial charge in [-0.3, -0.25) is 9.59 Å². The number of halogens is 3. The number of nitrogens with one attached hydrogen (secondary N) is 1. The van der Waals surface area contributed by atoms with Crippen molar-refractivity contribution >= 4 is 23.2 Å². The first-order valence-electron chi connectivity index (χ1n) is 8.78. The minimum Gasteiger partial charge on any atom is -0.495 e. The number of methoxy groups -OCH3 is 1. The minimum atomic E-state index is -4.83. The highest BCUT2D eigenvalue weighted by molar-refractivity contribution is 6.04. The van der Waals surface area contributed by atoms with Gasteiger partial charge in [0.1, 0.15) is 11.5 Å². The molecule has 1 fully saturated rings. The van der Waals surface area contributed by atoms with Crippen LogP contribution in [0.5, 0.6) is 11.5 Å². The lowest BCUT2D eigenvalue weighted by atomic mass is 10.1. The highest BCUT2D eigenvalue weighted by atomic mass is 19.4. The summed E-state index contributed by atoms with van der Waals surface area (Å²) in [6.07, 6.45) is -4.84. The van der Waals surface area contributed by atoms with Gasteiger partial charge < -0.3 is 19.7 Å². The summed E-state index contributed by atoms with van der Waals surface area (Å²) in [6, 6.07) is 10.4. The molecule has 1 aliphatic heterocycles. The second-order valence-corrected chi connectivity index (χ2v) is 6.65. The van der Waals surface area contributed by atoms with Crippen LogP contribution in [0, 0.1) is 12.8 Å². The maximum absolute atomic E-state index is 12.6. The third kappa shape index (κ3) is 4.98. The van der Waals surface area contributed by atoms with E-state index in [0.29, 0.717) is 11.4 Å². The lowest BCUT2D eigenvalue weighted by Gasteiger charge is -2.20. The number of amides is 2. The molecule has 2 amide bonds. The average Bonchev–Trinajstić information content (AvgIpc) is 3.02. The van der Waals surface area contributed by atoms with E-state index < -0.39 is 23.9 Å². The van der Waals surface area contributed by atoms with E-state index >= 15 is 0 Å². The number of ether oxygens (including phenoxy) is 2. The lowest BCUT2D eigenvalue weighted by Crippen LogP contribution is -2.28. The van der Waals surface area contributed by atoms with Crippen molar-refractivity contribution in [2.24, 2.45) is 5.92 Å². The lowest BCUT2D eigenvalue weighted by molar-refractivity contribution is -0.274. The third-order valence-corrected chi connectivity index (χ3v) is 4.46. The Morgan fingerprint density at radius 1 is 1.21 bits per heavy atom. The van der Waals surface area contributed by atoms with Crippen LogP contribution in [-0.4, -0.2) is 31.8 Å². The zero-order chi connectivity index (χ0) is 21.2. The number of carbonyl (C=O) groups excluding carboxylic acids is 2. The molecular weight excluding hydrogens is 389 g/mol. The van der Waals surface area contributed by atoms with Crippen LogP contribution in [0.15, 0.2) is 42.5 Å². The molecule has 1 atom stereocenters. The van der Waals surface area contributed by atoms with Crippen LogP contribution in [0.1, 0.15) is 12.0 Å². The van der Waals surface area contributed by atoms with Gasteiger partial charge in [-0.15, -0.1) is 13.2 Å². The molecule has 29 heavy (non-hydrogen) atoms. The van der Waals surface area contributed by atoms with Gasteiger partial charge in [-0.1, -0.05) is 12.1 Å². The molecule has 1 saturated heterocycles. The Kier molecular flexibility index (Phi) is 5.67. The Hall–Kier alpha value is -3.23. The molecule has 0 saturated carbocycles. The van der Waals surface area contributed by atoms with E-state index in [-0.39, 0.29) is 24.6 Å². The van der Waals surface area contributed by atoms with E-state index in [1.54, 1.807) is 12.1 Å². The van der Waals surface area contributed by atoms with Crippen molar-refractivity contribution in [2.45, 2.75) is 19.7 Å². The van der Waals surface area contributed by atoms with Crippen molar-refractivity contribution in [3.05, 3.63) is 48.0 Å². The predicted molar refractivity (Wildman–Crippen MR) is 99.9 cm³/mol. The van der Waals surface area contributed by atoms with Gasteiger partial charge in [0, 0.05) is 24.7 Å².